The molecule has 1 heterocycles. The van der Waals surface area contributed by atoms with E-state index in [2.05, 4.69) is 11.9 Å². The Morgan fingerprint density at radius 3 is 3.00 bits per heavy atom. The van der Waals surface area contributed by atoms with Gasteiger partial charge in [-0.2, -0.15) is 0 Å². The van der Waals surface area contributed by atoms with E-state index in [0.717, 1.165) is 25.3 Å². The first-order chi connectivity index (χ1) is 7.24. The van der Waals surface area contributed by atoms with Crippen LogP contribution in [0.1, 0.15) is 25.6 Å². The molecule has 1 unspecified atom stereocenters. The molecule has 4 heteroatoms. The van der Waals surface area contributed by atoms with E-state index < -0.39 is 6.10 Å². The maximum Gasteiger partial charge on any atom is 0.251 e. The van der Waals surface area contributed by atoms with Crippen LogP contribution in [0.5, 0.6) is 0 Å². The average Bonchev–Trinajstić information content (AvgIpc) is 2.59. The summed E-state index contributed by atoms with van der Waals surface area (Å²) >= 11 is 0. The summed E-state index contributed by atoms with van der Waals surface area (Å²) in [6, 6.07) is 0. The van der Waals surface area contributed by atoms with Crippen LogP contribution in [0.2, 0.25) is 0 Å². The summed E-state index contributed by atoms with van der Waals surface area (Å²) in [4.78, 5) is 3.06. The summed E-state index contributed by atoms with van der Waals surface area (Å²) < 4.78 is 7.33. The van der Waals surface area contributed by atoms with Crippen LogP contribution in [0.3, 0.4) is 0 Å². The van der Waals surface area contributed by atoms with Crippen LogP contribution in [0.15, 0.2) is 12.4 Å². The van der Waals surface area contributed by atoms with E-state index in [1.165, 1.54) is 0 Å². The quantitative estimate of drug-likeness (QED) is 0.519. The van der Waals surface area contributed by atoms with Crippen LogP contribution in [0, 0.1) is 6.92 Å². The molecule has 0 spiro atoms. The van der Waals surface area contributed by atoms with E-state index in [-0.39, 0.29) is 0 Å². The fourth-order valence-electron chi connectivity index (χ4n) is 1.39. The van der Waals surface area contributed by atoms with E-state index >= 15 is 0 Å². The number of nitrogens with one attached hydrogen (secondary N) is 1. The number of aryl methyl sites for hydroxylation is 1. The molecule has 1 aromatic heterocycles. The predicted octanol–water partition coefficient (Wildman–Crippen LogP) is 0.788. The zero-order chi connectivity index (χ0) is 11.1. The third-order valence-corrected chi connectivity index (χ3v) is 2.34. The molecule has 0 aromatic carbocycles. The van der Waals surface area contributed by atoms with Crippen LogP contribution in [-0.2, 0) is 11.3 Å². The second-order valence-electron chi connectivity index (χ2n) is 3.78. The van der Waals surface area contributed by atoms with Crippen molar-refractivity contribution in [2.45, 2.75) is 39.3 Å². The molecule has 0 aliphatic carbocycles. The summed E-state index contributed by atoms with van der Waals surface area (Å²) in [5, 5.41) is 9.69. The van der Waals surface area contributed by atoms with Gasteiger partial charge in [0.1, 0.15) is 25.0 Å². The lowest BCUT2D eigenvalue weighted by molar-refractivity contribution is -0.708. The molecular formula is C11H21N2O2+. The molecule has 0 radical (unpaired) electrons. The Kier molecular flexibility index (Phi) is 5.36. The van der Waals surface area contributed by atoms with Crippen molar-refractivity contribution in [3.05, 3.63) is 18.2 Å². The zero-order valence-electron chi connectivity index (χ0n) is 9.57. The number of imidazole rings is 1. The minimum Gasteiger partial charge on any atom is -0.387 e. The Labute approximate surface area is 90.9 Å². The number of aromatic amines is 1. The Morgan fingerprint density at radius 1 is 1.60 bits per heavy atom. The lowest BCUT2D eigenvalue weighted by Crippen LogP contribution is -2.42. The Morgan fingerprint density at radius 2 is 2.40 bits per heavy atom. The van der Waals surface area contributed by atoms with Gasteiger partial charge in [-0.1, -0.05) is 13.3 Å². The lowest BCUT2D eigenvalue weighted by Gasteiger charge is -2.09. The van der Waals surface area contributed by atoms with Gasteiger partial charge in [-0.15, -0.1) is 0 Å². The van der Waals surface area contributed by atoms with Crippen LogP contribution in [0.25, 0.3) is 0 Å². The molecule has 0 aliphatic rings. The number of H-pyrrole nitrogens is 1. The van der Waals surface area contributed by atoms with Crippen molar-refractivity contribution in [1.82, 2.24) is 4.98 Å². The summed E-state index contributed by atoms with van der Waals surface area (Å²) in [7, 11) is 0. The molecule has 0 bridgehead atoms. The Balaban J connectivity index is 2.18. The second-order valence-corrected chi connectivity index (χ2v) is 3.78. The van der Waals surface area contributed by atoms with Gasteiger partial charge in [0.2, 0.25) is 0 Å². The van der Waals surface area contributed by atoms with Gasteiger partial charge in [-0.25, -0.2) is 9.55 Å². The highest BCUT2D eigenvalue weighted by Crippen LogP contribution is 1.92. The molecule has 0 fully saturated rings. The standard InChI is InChI=1S/C11H20N2O2/c1-3-4-7-15-9-11(14)8-13-6-5-12-10(13)2/h5-6,11,14H,3-4,7-9H2,1-2H3/p+1. The minimum atomic E-state index is -0.429. The van der Waals surface area contributed by atoms with Crippen LogP contribution < -0.4 is 4.57 Å². The molecule has 4 nitrogen and oxygen atoms in total. The summed E-state index contributed by atoms with van der Waals surface area (Å²) in [6.45, 7) is 5.84. The summed E-state index contributed by atoms with van der Waals surface area (Å²) in [6.07, 6.45) is 5.54. The fraction of sp³-hybridized carbons (Fsp3) is 0.727. The first-order valence-corrected chi connectivity index (χ1v) is 5.53. The number of nitrogens with zero attached hydrogens (tertiary/aromatic N) is 1. The lowest BCUT2D eigenvalue weighted by atomic mass is 10.3. The number of aliphatic hydroxyl groups is 1. The van der Waals surface area contributed by atoms with Crippen molar-refractivity contribution in [3.63, 3.8) is 0 Å². The zero-order valence-corrected chi connectivity index (χ0v) is 9.57. The van der Waals surface area contributed by atoms with E-state index in [0.29, 0.717) is 13.2 Å². The number of hydrogen-bond donors (Lipinski definition) is 2. The molecule has 0 saturated heterocycles. The molecule has 15 heavy (non-hydrogen) atoms. The van der Waals surface area contributed by atoms with Gasteiger partial charge in [0.05, 0.1) is 6.61 Å². The number of unbranched alkanes of at least 4 members (excludes halogenated alkanes) is 1. The third-order valence-electron chi connectivity index (χ3n) is 2.34. The van der Waals surface area contributed by atoms with Crippen molar-refractivity contribution >= 4 is 0 Å². The van der Waals surface area contributed by atoms with E-state index in [9.17, 15) is 5.11 Å². The van der Waals surface area contributed by atoms with E-state index in [4.69, 9.17) is 4.74 Å². The van der Waals surface area contributed by atoms with Gasteiger partial charge in [0, 0.05) is 13.5 Å². The second kappa shape index (κ2) is 6.58. The monoisotopic (exact) mass is 213 g/mol. The summed E-state index contributed by atoms with van der Waals surface area (Å²) in [5.41, 5.74) is 0. The summed E-state index contributed by atoms with van der Waals surface area (Å²) in [5.74, 6) is 1.04. The highest BCUT2D eigenvalue weighted by Gasteiger charge is 2.11. The molecule has 1 atom stereocenters. The van der Waals surface area contributed by atoms with Gasteiger partial charge in [0.25, 0.3) is 5.82 Å². The highest BCUT2D eigenvalue weighted by atomic mass is 16.5. The predicted molar refractivity (Wildman–Crippen MR) is 57.5 cm³/mol. The molecular weight excluding hydrogens is 192 g/mol. The smallest absolute Gasteiger partial charge is 0.251 e. The Hall–Kier alpha value is -0.870. The van der Waals surface area contributed by atoms with Crippen molar-refractivity contribution in [2.24, 2.45) is 0 Å². The molecule has 2 N–H and O–H groups in total. The van der Waals surface area contributed by atoms with Crippen LogP contribution >= 0.6 is 0 Å². The van der Waals surface area contributed by atoms with Crippen molar-refractivity contribution in [2.75, 3.05) is 13.2 Å². The molecule has 1 rings (SSSR count). The highest BCUT2D eigenvalue weighted by molar-refractivity contribution is 4.71. The number of ether oxygens (including phenoxy) is 1. The van der Waals surface area contributed by atoms with Crippen LogP contribution in [-0.4, -0.2) is 29.4 Å². The molecule has 1 aromatic rings. The largest absolute Gasteiger partial charge is 0.387 e. The van der Waals surface area contributed by atoms with Gasteiger partial charge in [-0.05, 0) is 6.42 Å². The number of aromatic nitrogens is 2. The SMILES string of the molecule is CCCCOCC(O)C[n+]1cc[nH]c1C. The Bertz CT molecular complexity index is 273. The van der Waals surface area contributed by atoms with Gasteiger partial charge in [0.15, 0.2) is 0 Å². The maximum absolute atomic E-state index is 9.69. The van der Waals surface area contributed by atoms with E-state index in [1.54, 1.807) is 0 Å². The fourth-order valence-corrected chi connectivity index (χ4v) is 1.39. The molecule has 0 aliphatic heterocycles. The number of rotatable bonds is 7. The van der Waals surface area contributed by atoms with E-state index in [1.807, 2.05) is 23.9 Å². The number of hydrogen-bond acceptors (Lipinski definition) is 2. The van der Waals surface area contributed by atoms with Crippen molar-refractivity contribution in [1.29, 1.82) is 0 Å². The topological polar surface area (TPSA) is 49.1 Å². The minimum absolute atomic E-state index is 0.414. The molecule has 0 amide bonds. The third kappa shape index (κ3) is 4.44. The molecule has 86 valence electrons. The van der Waals surface area contributed by atoms with Gasteiger partial charge in [-0.3, -0.25) is 0 Å². The van der Waals surface area contributed by atoms with Crippen LogP contribution in [0.4, 0.5) is 0 Å². The average molecular weight is 213 g/mol. The maximum atomic E-state index is 9.69. The normalized spacial score (nSPS) is 13.0. The van der Waals surface area contributed by atoms with Crippen molar-refractivity contribution in [3.8, 4) is 0 Å². The molecule has 0 saturated carbocycles. The van der Waals surface area contributed by atoms with Gasteiger partial charge < -0.3 is 9.84 Å². The first kappa shape index (κ1) is 12.2. The van der Waals surface area contributed by atoms with Gasteiger partial charge >= 0.3 is 0 Å². The number of aliphatic hydroxyl groups excluding tert-OH is 1. The van der Waals surface area contributed by atoms with Crippen molar-refractivity contribution < 1.29 is 14.4 Å². The first-order valence-electron chi connectivity index (χ1n) is 5.53.